The fraction of sp³-hybridized carbons (Fsp3) is 0.500. The number of aldehydes is 1. The Morgan fingerprint density at radius 3 is 2.39 bits per heavy atom. The molecule has 0 saturated carbocycles. The smallest absolute Gasteiger partial charge is 0.330 e. The third-order valence-electron chi connectivity index (χ3n) is 3.99. The van der Waals surface area contributed by atoms with Gasteiger partial charge < -0.3 is 20.1 Å². The molecule has 0 bridgehead atoms. The van der Waals surface area contributed by atoms with E-state index < -0.39 is 45.9 Å². The van der Waals surface area contributed by atoms with E-state index in [1.54, 1.807) is 0 Å². The maximum atomic E-state index is 14.9. The van der Waals surface area contributed by atoms with Crippen LogP contribution in [0.25, 0.3) is 0 Å². The van der Waals surface area contributed by atoms with Gasteiger partial charge in [0.15, 0.2) is 14.1 Å². The van der Waals surface area contributed by atoms with E-state index in [-0.39, 0.29) is 6.29 Å². The molecule has 0 amide bonds. The van der Waals surface area contributed by atoms with Crippen LogP contribution in [0.15, 0.2) is 15.8 Å². The monoisotopic (exact) mass is 326 g/mol. The second-order valence-corrected chi connectivity index (χ2v) is 6.08. The Hall–Kier alpha value is -1.69. The summed E-state index contributed by atoms with van der Waals surface area (Å²) in [6.07, 6.45) is -3.22. The minimum atomic E-state index is -3.10. The molecule has 23 heavy (non-hydrogen) atoms. The molecule has 0 aliphatic carbocycles. The maximum absolute atomic E-state index is 14.9. The third-order valence-corrected chi connectivity index (χ3v) is 3.99. The van der Waals surface area contributed by atoms with E-state index in [0.29, 0.717) is 4.57 Å². The molecule has 1 aromatic heterocycles. The highest BCUT2D eigenvalue weighted by molar-refractivity contribution is 6.39. The van der Waals surface area contributed by atoms with Gasteiger partial charge in [-0.2, -0.15) is 0 Å². The van der Waals surface area contributed by atoms with Crippen LogP contribution < -0.4 is 11.2 Å². The fourth-order valence-electron chi connectivity index (χ4n) is 2.50. The molecule has 4 N–H and O–H groups in total. The number of nitrogens with zero attached hydrogens (tertiary/aromatic N) is 1. The standard InChI is InChI=1S/C10H14B3FN2O7/c11-9(16-1-3(2-17)6(20)15-7(16)21)5(19)4(18)8(14,23-9)10(12,13)22/h1-2,4-5,18-19,22H,11-13H2,(H,15,20,21)/t4-,5+,8-,9-/m0/s1. The molecule has 1 aliphatic heterocycles. The van der Waals surface area contributed by atoms with Gasteiger partial charge in [0.25, 0.3) is 11.4 Å². The minimum absolute atomic E-state index is 0.161. The van der Waals surface area contributed by atoms with Crippen LogP contribution in [0.2, 0.25) is 0 Å². The Labute approximate surface area is 131 Å². The highest BCUT2D eigenvalue weighted by Gasteiger charge is 2.67. The first-order valence-corrected chi connectivity index (χ1v) is 6.67. The number of ether oxygens (including phenoxy) is 1. The predicted octanol–water partition coefficient (Wildman–Crippen LogP) is -6.08. The number of aromatic amines is 1. The maximum Gasteiger partial charge on any atom is 0.330 e. The van der Waals surface area contributed by atoms with E-state index >= 15 is 0 Å². The van der Waals surface area contributed by atoms with E-state index in [2.05, 4.69) is 0 Å². The first kappa shape index (κ1) is 17.7. The van der Waals surface area contributed by atoms with Gasteiger partial charge in [0.05, 0.1) is 11.0 Å². The van der Waals surface area contributed by atoms with Gasteiger partial charge in [-0.1, -0.05) is 0 Å². The van der Waals surface area contributed by atoms with Gasteiger partial charge in [0, 0.05) is 6.20 Å². The van der Waals surface area contributed by atoms with Gasteiger partial charge in [-0.05, 0) is 0 Å². The van der Waals surface area contributed by atoms with Crippen LogP contribution in [0, 0.1) is 0 Å². The number of hydrogen-bond donors (Lipinski definition) is 4. The molecule has 1 aromatic rings. The zero-order valence-electron chi connectivity index (χ0n) is 12.6. The number of aliphatic hydroxyl groups is 3. The number of H-pyrrole nitrogens is 1. The summed E-state index contributed by atoms with van der Waals surface area (Å²) >= 11 is 0. The summed E-state index contributed by atoms with van der Waals surface area (Å²) in [4.78, 5) is 36.0. The van der Waals surface area contributed by atoms with Crippen LogP contribution >= 0.6 is 0 Å². The number of hydrogen-bond acceptors (Lipinski definition) is 7. The molecule has 4 atom stereocenters. The Bertz CT molecular complexity index is 762. The van der Waals surface area contributed by atoms with E-state index in [0.717, 1.165) is 29.7 Å². The summed E-state index contributed by atoms with van der Waals surface area (Å²) in [6, 6.07) is 0. The molecule has 122 valence electrons. The highest BCUT2D eigenvalue weighted by Crippen LogP contribution is 2.44. The van der Waals surface area contributed by atoms with Crippen LogP contribution in [-0.4, -0.2) is 78.2 Å². The molecule has 0 spiro atoms. The zero-order chi connectivity index (χ0) is 17.8. The third kappa shape index (κ3) is 2.40. The van der Waals surface area contributed by atoms with Gasteiger partial charge in [0.2, 0.25) is 0 Å². The molecule has 9 nitrogen and oxygen atoms in total. The lowest BCUT2D eigenvalue weighted by Gasteiger charge is -2.36. The second kappa shape index (κ2) is 5.16. The summed E-state index contributed by atoms with van der Waals surface area (Å²) in [5, 5.41) is 27.8. The van der Waals surface area contributed by atoms with Crippen LogP contribution in [0.5, 0.6) is 0 Å². The number of rotatable bonds is 3. The number of aromatic nitrogens is 2. The topological polar surface area (TPSA) is 142 Å². The average Bonchev–Trinajstić information content (AvgIpc) is 2.61. The zero-order valence-corrected chi connectivity index (χ0v) is 12.6. The normalized spacial score (nSPS) is 34.4. The summed E-state index contributed by atoms with van der Waals surface area (Å²) in [6.45, 7) is 0. The number of aliphatic hydroxyl groups excluding tert-OH is 2. The van der Waals surface area contributed by atoms with Crippen LogP contribution in [0.3, 0.4) is 0 Å². The number of alkyl halides is 1. The molecule has 2 heterocycles. The van der Waals surface area contributed by atoms with Gasteiger partial charge in [-0.25, -0.2) is 9.18 Å². The molecule has 2 rings (SSSR count). The van der Waals surface area contributed by atoms with Gasteiger partial charge >= 0.3 is 5.69 Å². The summed E-state index contributed by atoms with van der Waals surface area (Å²) in [5.41, 5.74) is -4.69. The summed E-state index contributed by atoms with van der Waals surface area (Å²) < 4.78 is 20.5. The molecule has 1 aliphatic rings. The summed E-state index contributed by atoms with van der Waals surface area (Å²) in [5.74, 6) is -3.10. The van der Waals surface area contributed by atoms with Crippen LogP contribution in [0.4, 0.5) is 4.39 Å². The van der Waals surface area contributed by atoms with E-state index in [1.165, 1.54) is 0 Å². The second-order valence-electron chi connectivity index (χ2n) is 6.08. The van der Waals surface area contributed by atoms with Gasteiger partial charge in [0.1, 0.15) is 33.5 Å². The number of nitrogens with one attached hydrogen (secondary N) is 1. The Balaban J connectivity index is 2.67. The van der Waals surface area contributed by atoms with Crippen molar-refractivity contribution in [1.82, 2.24) is 9.55 Å². The van der Waals surface area contributed by atoms with Crippen molar-refractivity contribution in [1.29, 1.82) is 0 Å². The van der Waals surface area contributed by atoms with Crippen molar-refractivity contribution in [3.63, 3.8) is 0 Å². The van der Waals surface area contributed by atoms with Crippen LogP contribution in [0.1, 0.15) is 10.4 Å². The van der Waals surface area contributed by atoms with E-state index in [4.69, 9.17) is 4.74 Å². The molecule has 0 radical (unpaired) electrons. The highest BCUT2D eigenvalue weighted by atomic mass is 19.2. The lowest BCUT2D eigenvalue weighted by atomic mass is 9.59. The van der Waals surface area contributed by atoms with Crippen molar-refractivity contribution in [2.24, 2.45) is 0 Å². The van der Waals surface area contributed by atoms with Crippen LogP contribution in [-0.2, 0) is 10.4 Å². The van der Waals surface area contributed by atoms with Crippen molar-refractivity contribution in [2.45, 2.75) is 29.1 Å². The Kier molecular flexibility index (Phi) is 3.97. The molecule has 1 fully saturated rings. The van der Waals surface area contributed by atoms with E-state index in [9.17, 15) is 34.1 Å². The molecule has 13 heteroatoms. The Morgan fingerprint density at radius 1 is 1.39 bits per heavy atom. The largest absolute Gasteiger partial charge is 0.402 e. The first-order valence-electron chi connectivity index (χ1n) is 6.67. The SMILES string of the molecule is BC(B)(O)[C@@]1(F)O[C@@](B)(n2cc(C=O)c(=O)[nH]c2=O)[C@H](O)[C@@H]1O. The van der Waals surface area contributed by atoms with Crippen molar-refractivity contribution in [2.75, 3.05) is 0 Å². The quantitative estimate of drug-likeness (QED) is 0.320. The van der Waals surface area contributed by atoms with Crippen molar-refractivity contribution in [3.8, 4) is 0 Å². The fourth-order valence-corrected chi connectivity index (χ4v) is 2.50. The summed E-state index contributed by atoms with van der Waals surface area (Å²) in [7, 11) is 3.10. The molecule has 1 saturated heterocycles. The first-order chi connectivity index (χ1) is 10.4. The van der Waals surface area contributed by atoms with Crippen molar-refractivity contribution < 1.29 is 29.2 Å². The van der Waals surface area contributed by atoms with Gasteiger partial charge in [-0.15, -0.1) is 0 Å². The number of carbonyl (C=O) groups excluding carboxylic acids is 1. The molecular weight excluding hydrogens is 312 g/mol. The average molecular weight is 326 g/mol. The van der Waals surface area contributed by atoms with Gasteiger partial charge in [-0.3, -0.25) is 19.1 Å². The van der Waals surface area contributed by atoms with Crippen molar-refractivity contribution in [3.05, 3.63) is 32.6 Å². The number of carbonyl (C=O) groups is 1. The lowest BCUT2D eigenvalue weighted by Crippen LogP contribution is -2.59. The number of halogens is 1. The molecule has 0 aromatic carbocycles. The lowest BCUT2D eigenvalue weighted by molar-refractivity contribution is -0.243. The van der Waals surface area contributed by atoms with Crippen molar-refractivity contribution >= 4 is 29.8 Å². The molecule has 0 unspecified atom stereocenters. The predicted molar refractivity (Wildman–Crippen MR) is 82.2 cm³/mol. The Morgan fingerprint density at radius 2 is 1.96 bits per heavy atom. The molecular formula is C10H14B3FN2O7. The van der Waals surface area contributed by atoms with E-state index in [1.807, 2.05) is 4.98 Å². The minimum Gasteiger partial charge on any atom is -0.402 e.